The van der Waals surface area contributed by atoms with Crippen molar-refractivity contribution in [3.63, 3.8) is 0 Å². The van der Waals surface area contributed by atoms with Gasteiger partial charge in [-0.3, -0.25) is 4.79 Å². The highest BCUT2D eigenvalue weighted by Crippen LogP contribution is 2.22. The number of carbonyl (C=O) groups is 2. The van der Waals surface area contributed by atoms with Crippen molar-refractivity contribution in [3.05, 3.63) is 30.0 Å². The molecule has 0 aromatic carbocycles. The number of nitrogens with one attached hydrogen (secondary N) is 1. The molecule has 6 nitrogen and oxygen atoms in total. The van der Waals surface area contributed by atoms with Crippen molar-refractivity contribution in [1.29, 1.82) is 0 Å². The van der Waals surface area contributed by atoms with E-state index < -0.39 is 5.97 Å². The van der Waals surface area contributed by atoms with Crippen molar-refractivity contribution < 1.29 is 14.7 Å². The van der Waals surface area contributed by atoms with Crippen LogP contribution in [-0.2, 0) is 9.59 Å². The third kappa shape index (κ3) is 2.90. The van der Waals surface area contributed by atoms with Gasteiger partial charge in [0.05, 0.1) is 0 Å². The Balaban J connectivity index is 2.33. The lowest BCUT2D eigenvalue weighted by molar-refractivity contribution is -0.131. The van der Waals surface area contributed by atoms with Crippen LogP contribution in [0.25, 0.3) is 6.08 Å². The number of rotatable bonds is 3. The van der Waals surface area contributed by atoms with Crippen molar-refractivity contribution in [2.45, 2.75) is 13.0 Å². The number of carbonyl (C=O) groups excluding carboxylic acids is 1. The van der Waals surface area contributed by atoms with Crippen LogP contribution in [0, 0.1) is 0 Å². The number of amides is 1. The van der Waals surface area contributed by atoms with E-state index in [9.17, 15) is 9.59 Å². The lowest BCUT2D eigenvalue weighted by atomic mass is 10.1. The number of anilines is 1. The topological polar surface area (TPSA) is 82.5 Å². The van der Waals surface area contributed by atoms with Crippen molar-refractivity contribution in [1.82, 2.24) is 10.3 Å². The summed E-state index contributed by atoms with van der Waals surface area (Å²) < 4.78 is 0. The number of aromatic nitrogens is 1. The summed E-state index contributed by atoms with van der Waals surface area (Å²) in [6.45, 7) is 3.01. The fraction of sp³-hybridized carbons (Fsp3) is 0.308. The third-order valence-corrected chi connectivity index (χ3v) is 2.99. The molecule has 0 bridgehead atoms. The van der Waals surface area contributed by atoms with Gasteiger partial charge in [-0.05, 0) is 25.1 Å². The summed E-state index contributed by atoms with van der Waals surface area (Å²) in [7, 11) is 0. The molecule has 19 heavy (non-hydrogen) atoms. The highest BCUT2D eigenvalue weighted by Gasteiger charge is 2.27. The fourth-order valence-electron chi connectivity index (χ4n) is 2.01. The molecule has 0 spiro atoms. The number of aliphatic carboxylic acids is 1. The summed E-state index contributed by atoms with van der Waals surface area (Å²) in [5.41, 5.74) is 0.687. The molecular formula is C13H15N3O3. The molecule has 0 radical (unpaired) electrons. The van der Waals surface area contributed by atoms with Crippen molar-refractivity contribution >= 4 is 23.8 Å². The summed E-state index contributed by atoms with van der Waals surface area (Å²) >= 11 is 0. The zero-order valence-corrected chi connectivity index (χ0v) is 10.5. The zero-order chi connectivity index (χ0) is 13.8. The van der Waals surface area contributed by atoms with Gasteiger partial charge in [-0.25, -0.2) is 9.78 Å². The Hall–Kier alpha value is -2.37. The van der Waals surface area contributed by atoms with Crippen LogP contribution in [0.5, 0.6) is 0 Å². The van der Waals surface area contributed by atoms with Crippen LogP contribution in [0.2, 0.25) is 0 Å². The minimum absolute atomic E-state index is 0.0509. The molecule has 2 rings (SSSR count). The van der Waals surface area contributed by atoms with Crippen molar-refractivity contribution in [2.24, 2.45) is 0 Å². The number of piperazine rings is 1. The Morgan fingerprint density at radius 1 is 1.63 bits per heavy atom. The standard InChI is InChI=1S/C13H15N3O3/c1-9-13(19)15-7-8-16(9)12-10(3-2-6-14-12)4-5-11(17)18/h2-6,9H,7-8H2,1H3,(H,15,19)(H,17,18)/b5-4+. The molecule has 2 heterocycles. The Bertz CT molecular complexity index is 528. The quantitative estimate of drug-likeness (QED) is 0.774. The number of nitrogens with zero attached hydrogens (tertiary/aromatic N) is 2. The molecule has 1 atom stereocenters. The average molecular weight is 261 g/mol. The van der Waals surface area contributed by atoms with Gasteiger partial charge in [0.25, 0.3) is 0 Å². The van der Waals surface area contributed by atoms with Crippen LogP contribution in [0.4, 0.5) is 5.82 Å². The number of carboxylic acids is 1. The maximum atomic E-state index is 11.7. The van der Waals surface area contributed by atoms with Crippen molar-refractivity contribution in [3.8, 4) is 0 Å². The molecule has 1 fully saturated rings. The molecule has 0 aliphatic carbocycles. The van der Waals surface area contributed by atoms with Gasteiger partial charge in [-0.15, -0.1) is 0 Å². The van der Waals surface area contributed by atoms with Crippen LogP contribution in [0.15, 0.2) is 24.4 Å². The highest BCUT2D eigenvalue weighted by atomic mass is 16.4. The molecule has 1 aromatic rings. The molecule has 2 N–H and O–H groups in total. The van der Waals surface area contributed by atoms with Gasteiger partial charge < -0.3 is 15.3 Å². The van der Waals surface area contributed by atoms with E-state index >= 15 is 0 Å². The molecule has 6 heteroatoms. The Morgan fingerprint density at radius 2 is 2.42 bits per heavy atom. The molecule has 0 saturated carbocycles. The Labute approximate surface area is 110 Å². The second kappa shape index (κ2) is 5.51. The van der Waals surface area contributed by atoms with E-state index in [4.69, 9.17) is 5.11 Å². The third-order valence-electron chi connectivity index (χ3n) is 2.99. The summed E-state index contributed by atoms with van der Waals surface area (Å²) in [4.78, 5) is 28.4. The van der Waals surface area contributed by atoms with Gasteiger partial charge in [0, 0.05) is 30.9 Å². The average Bonchev–Trinajstić information content (AvgIpc) is 2.40. The van der Waals surface area contributed by atoms with E-state index in [-0.39, 0.29) is 11.9 Å². The minimum Gasteiger partial charge on any atom is -0.478 e. The smallest absolute Gasteiger partial charge is 0.328 e. The maximum absolute atomic E-state index is 11.7. The van der Waals surface area contributed by atoms with Crippen LogP contribution >= 0.6 is 0 Å². The first-order valence-corrected chi connectivity index (χ1v) is 6.00. The summed E-state index contributed by atoms with van der Waals surface area (Å²) in [6.07, 6.45) is 4.19. The van der Waals surface area contributed by atoms with E-state index in [0.717, 1.165) is 6.08 Å². The van der Waals surface area contributed by atoms with Gasteiger partial charge in [0.2, 0.25) is 5.91 Å². The normalized spacial score (nSPS) is 19.5. The predicted molar refractivity (Wildman–Crippen MR) is 70.7 cm³/mol. The molecule has 1 saturated heterocycles. The molecule has 1 unspecified atom stereocenters. The zero-order valence-electron chi connectivity index (χ0n) is 10.5. The molecule has 1 aliphatic rings. The lowest BCUT2D eigenvalue weighted by Gasteiger charge is -2.34. The summed E-state index contributed by atoms with van der Waals surface area (Å²) in [5, 5.41) is 11.5. The molecule has 100 valence electrons. The first-order valence-electron chi connectivity index (χ1n) is 6.00. The number of carboxylic acid groups (broad SMARTS) is 1. The minimum atomic E-state index is -1.01. The Kier molecular flexibility index (Phi) is 3.79. The lowest BCUT2D eigenvalue weighted by Crippen LogP contribution is -2.54. The van der Waals surface area contributed by atoms with E-state index in [1.807, 2.05) is 4.90 Å². The molecule has 1 aromatic heterocycles. The summed E-state index contributed by atoms with van der Waals surface area (Å²) in [6, 6.07) is 3.20. The van der Waals surface area contributed by atoms with Gasteiger partial charge in [0.1, 0.15) is 11.9 Å². The van der Waals surface area contributed by atoms with Crippen molar-refractivity contribution in [2.75, 3.05) is 18.0 Å². The van der Waals surface area contributed by atoms with Gasteiger partial charge in [-0.2, -0.15) is 0 Å². The molecule has 1 aliphatic heterocycles. The molecule has 1 amide bonds. The molecular weight excluding hydrogens is 246 g/mol. The first kappa shape index (κ1) is 13.1. The largest absolute Gasteiger partial charge is 0.478 e. The van der Waals surface area contributed by atoms with Gasteiger partial charge in [0.15, 0.2) is 0 Å². The van der Waals surface area contributed by atoms with E-state index in [0.29, 0.717) is 24.5 Å². The van der Waals surface area contributed by atoms with Crippen LogP contribution in [-0.4, -0.2) is 41.1 Å². The van der Waals surface area contributed by atoms with Crippen LogP contribution in [0.1, 0.15) is 12.5 Å². The number of hydrogen-bond donors (Lipinski definition) is 2. The predicted octanol–water partition coefficient (Wildman–Crippen LogP) is 0.504. The first-order chi connectivity index (χ1) is 9.09. The SMILES string of the molecule is CC1C(=O)NCCN1c1ncccc1/C=C/C(=O)O. The van der Waals surface area contributed by atoms with Crippen LogP contribution < -0.4 is 10.2 Å². The van der Waals surface area contributed by atoms with E-state index in [1.54, 1.807) is 25.3 Å². The second-order valence-corrected chi connectivity index (χ2v) is 4.25. The van der Waals surface area contributed by atoms with Gasteiger partial charge >= 0.3 is 5.97 Å². The number of pyridine rings is 1. The maximum Gasteiger partial charge on any atom is 0.328 e. The fourth-order valence-corrected chi connectivity index (χ4v) is 2.01. The van der Waals surface area contributed by atoms with E-state index in [2.05, 4.69) is 10.3 Å². The summed E-state index contributed by atoms with van der Waals surface area (Å²) in [5.74, 6) is -0.438. The second-order valence-electron chi connectivity index (χ2n) is 4.25. The Morgan fingerprint density at radius 3 is 3.16 bits per heavy atom. The van der Waals surface area contributed by atoms with E-state index in [1.165, 1.54) is 6.08 Å². The van der Waals surface area contributed by atoms with Crippen LogP contribution in [0.3, 0.4) is 0 Å². The number of hydrogen-bond acceptors (Lipinski definition) is 4. The highest BCUT2D eigenvalue weighted by molar-refractivity contribution is 5.89. The monoisotopic (exact) mass is 261 g/mol. The van der Waals surface area contributed by atoms with Gasteiger partial charge in [-0.1, -0.05) is 0 Å².